The molecule has 2 aromatic carbocycles. The second kappa shape index (κ2) is 11.7. The Labute approximate surface area is 171 Å². The Morgan fingerprint density at radius 3 is 2.00 bits per heavy atom. The van der Waals surface area contributed by atoms with Gasteiger partial charge in [0.25, 0.3) is 0 Å². The Balaban J connectivity index is 1.53. The zero-order valence-electron chi connectivity index (χ0n) is 17.5. The summed E-state index contributed by atoms with van der Waals surface area (Å²) in [5.41, 5.74) is 2.90. The summed E-state index contributed by atoms with van der Waals surface area (Å²) in [4.78, 5) is 7.11. The highest BCUT2D eigenvalue weighted by Gasteiger charge is 2.28. The number of benzene rings is 2. The Hall–Kier alpha value is -2.09. The third-order valence-corrected chi connectivity index (χ3v) is 6.00. The van der Waals surface area contributed by atoms with Gasteiger partial charge in [0.15, 0.2) is 0 Å². The van der Waals surface area contributed by atoms with Crippen LogP contribution in [-0.2, 0) is 0 Å². The monoisotopic (exact) mass is 376 g/mol. The van der Waals surface area contributed by atoms with Crippen molar-refractivity contribution >= 4 is 6.34 Å². The van der Waals surface area contributed by atoms with Gasteiger partial charge in [-0.25, -0.2) is 0 Å². The first-order valence-corrected chi connectivity index (χ1v) is 11.2. The summed E-state index contributed by atoms with van der Waals surface area (Å²) in [6.07, 6.45) is 11.2. The van der Waals surface area contributed by atoms with Crippen LogP contribution in [0.4, 0.5) is 0 Å². The number of hydrogen-bond donors (Lipinski definition) is 0. The lowest BCUT2D eigenvalue weighted by Crippen LogP contribution is -2.35. The zero-order chi connectivity index (χ0) is 19.4. The third kappa shape index (κ3) is 6.22. The van der Waals surface area contributed by atoms with E-state index in [1.807, 2.05) is 0 Å². The summed E-state index contributed by atoms with van der Waals surface area (Å²) in [5.74, 6) is 1.20. The quantitative estimate of drug-likeness (QED) is 0.261. The number of nitrogens with zero attached hydrogens (tertiary/aromatic N) is 2. The van der Waals surface area contributed by atoms with Crippen LogP contribution in [0.25, 0.3) is 0 Å². The molecule has 0 amide bonds. The molecule has 0 atom stereocenters. The van der Waals surface area contributed by atoms with E-state index in [1.54, 1.807) is 0 Å². The fourth-order valence-electron chi connectivity index (χ4n) is 4.41. The van der Waals surface area contributed by atoms with Crippen LogP contribution < -0.4 is 0 Å². The summed E-state index contributed by atoms with van der Waals surface area (Å²) in [5, 5.41) is 0. The van der Waals surface area contributed by atoms with Crippen LogP contribution in [0.1, 0.15) is 68.9 Å². The molecule has 1 fully saturated rings. The Morgan fingerprint density at radius 1 is 0.857 bits per heavy atom. The van der Waals surface area contributed by atoms with Crippen LogP contribution in [0.15, 0.2) is 65.7 Å². The van der Waals surface area contributed by atoms with Crippen LogP contribution in [0.3, 0.4) is 0 Å². The SMILES string of the molecule is CCCCCCC/N=C/N1CCC(C(c2ccccc2)c2ccccc2)CC1. The molecular weight excluding hydrogens is 340 g/mol. The highest BCUT2D eigenvalue weighted by Crippen LogP contribution is 2.37. The van der Waals surface area contributed by atoms with E-state index in [-0.39, 0.29) is 0 Å². The van der Waals surface area contributed by atoms with Crippen LogP contribution >= 0.6 is 0 Å². The van der Waals surface area contributed by atoms with Crippen molar-refractivity contribution in [2.45, 2.75) is 57.8 Å². The van der Waals surface area contributed by atoms with Crippen LogP contribution in [0.5, 0.6) is 0 Å². The van der Waals surface area contributed by atoms with E-state index in [2.05, 4.69) is 83.8 Å². The van der Waals surface area contributed by atoms with Crippen LogP contribution in [0.2, 0.25) is 0 Å². The van der Waals surface area contributed by atoms with Crippen molar-refractivity contribution in [1.29, 1.82) is 0 Å². The predicted octanol–water partition coefficient (Wildman–Crippen LogP) is 6.53. The zero-order valence-corrected chi connectivity index (χ0v) is 17.5. The van der Waals surface area contributed by atoms with Crippen molar-refractivity contribution in [2.24, 2.45) is 10.9 Å². The van der Waals surface area contributed by atoms with E-state index >= 15 is 0 Å². The Bertz CT molecular complexity index is 633. The first-order valence-electron chi connectivity index (χ1n) is 11.2. The van der Waals surface area contributed by atoms with E-state index in [9.17, 15) is 0 Å². The van der Waals surface area contributed by atoms with Gasteiger partial charge in [-0.1, -0.05) is 93.3 Å². The molecule has 1 saturated heterocycles. The molecule has 1 aliphatic heterocycles. The smallest absolute Gasteiger partial charge is 0.0849 e. The third-order valence-electron chi connectivity index (χ3n) is 6.00. The van der Waals surface area contributed by atoms with Gasteiger partial charge in [0.05, 0.1) is 6.34 Å². The van der Waals surface area contributed by atoms with Crippen molar-refractivity contribution in [1.82, 2.24) is 4.90 Å². The maximum atomic E-state index is 4.68. The highest BCUT2D eigenvalue weighted by molar-refractivity contribution is 5.55. The van der Waals surface area contributed by atoms with Gasteiger partial charge in [0.2, 0.25) is 0 Å². The van der Waals surface area contributed by atoms with E-state index in [0.717, 1.165) is 19.6 Å². The minimum atomic E-state index is 0.500. The molecule has 0 aromatic heterocycles. The predicted molar refractivity (Wildman–Crippen MR) is 121 cm³/mol. The molecule has 0 aliphatic carbocycles. The topological polar surface area (TPSA) is 15.6 Å². The summed E-state index contributed by atoms with van der Waals surface area (Å²) in [6, 6.07) is 22.1. The van der Waals surface area contributed by atoms with Gasteiger partial charge in [0.1, 0.15) is 0 Å². The molecule has 0 unspecified atom stereocenters. The van der Waals surface area contributed by atoms with Crippen molar-refractivity contribution in [3.8, 4) is 0 Å². The number of aliphatic imine (C=N–C) groups is 1. The largest absolute Gasteiger partial charge is 0.363 e. The normalized spacial score (nSPS) is 15.6. The summed E-state index contributed by atoms with van der Waals surface area (Å²) in [6.45, 7) is 5.50. The van der Waals surface area contributed by atoms with Gasteiger partial charge in [-0.15, -0.1) is 0 Å². The Kier molecular flexibility index (Phi) is 8.61. The first kappa shape index (κ1) is 20.6. The minimum absolute atomic E-state index is 0.500. The molecule has 1 heterocycles. The van der Waals surface area contributed by atoms with Gasteiger partial charge in [-0.2, -0.15) is 0 Å². The van der Waals surface area contributed by atoms with E-state index < -0.39 is 0 Å². The number of piperidine rings is 1. The number of unbranched alkanes of at least 4 members (excludes halogenated alkanes) is 4. The second-order valence-electron chi connectivity index (χ2n) is 8.11. The summed E-state index contributed by atoms with van der Waals surface area (Å²) >= 11 is 0. The molecule has 1 aliphatic rings. The molecule has 0 saturated carbocycles. The lowest BCUT2D eigenvalue weighted by Gasteiger charge is -2.36. The molecule has 150 valence electrons. The number of hydrogen-bond acceptors (Lipinski definition) is 1. The van der Waals surface area contributed by atoms with Crippen molar-refractivity contribution < 1.29 is 0 Å². The lowest BCUT2D eigenvalue weighted by atomic mass is 9.76. The molecule has 2 nitrogen and oxygen atoms in total. The summed E-state index contributed by atoms with van der Waals surface area (Å²) in [7, 11) is 0. The molecule has 28 heavy (non-hydrogen) atoms. The number of likely N-dealkylation sites (tertiary alicyclic amines) is 1. The van der Waals surface area contributed by atoms with Gasteiger partial charge in [0, 0.05) is 25.6 Å². The maximum absolute atomic E-state index is 4.68. The van der Waals surface area contributed by atoms with E-state index in [4.69, 9.17) is 0 Å². The van der Waals surface area contributed by atoms with Crippen LogP contribution in [0, 0.1) is 5.92 Å². The Morgan fingerprint density at radius 2 is 1.43 bits per heavy atom. The molecule has 3 rings (SSSR count). The first-order chi connectivity index (χ1) is 13.9. The van der Waals surface area contributed by atoms with Gasteiger partial charge in [-0.3, -0.25) is 4.99 Å². The molecule has 0 bridgehead atoms. The minimum Gasteiger partial charge on any atom is -0.363 e. The molecule has 2 heteroatoms. The fourth-order valence-corrected chi connectivity index (χ4v) is 4.41. The average Bonchev–Trinajstić information content (AvgIpc) is 2.76. The average molecular weight is 377 g/mol. The van der Waals surface area contributed by atoms with Gasteiger partial charge >= 0.3 is 0 Å². The second-order valence-corrected chi connectivity index (χ2v) is 8.11. The van der Waals surface area contributed by atoms with Crippen molar-refractivity contribution in [3.63, 3.8) is 0 Å². The van der Waals surface area contributed by atoms with Gasteiger partial charge < -0.3 is 4.90 Å². The van der Waals surface area contributed by atoms with Crippen LogP contribution in [-0.4, -0.2) is 30.9 Å². The fraction of sp³-hybridized carbons (Fsp3) is 0.500. The summed E-state index contributed by atoms with van der Waals surface area (Å²) < 4.78 is 0. The van der Waals surface area contributed by atoms with E-state index in [1.165, 1.54) is 56.1 Å². The van der Waals surface area contributed by atoms with Crippen molar-refractivity contribution in [2.75, 3.05) is 19.6 Å². The van der Waals surface area contributed by atoms with E-state index in [0.29, 0.717) is 11.8 Å². The van der Waals surface area contributed by atoms with Crippen molar-refractivity contribution in [3.05, 3.63) is 71.8 Å². The molecule has 0 spiro atoms. The molecule has 0 N–H and O–H groups in total. The number of rotatable bonds is 10. The van der Waals surface area contributed by atoms with Gasteiger partial charge in [-0.05, 0) is 36.3 Å². The maximum Gasteiger partial charge on any atom is 0.0849 e. The molecular formula is C26H36N2. The highest BCUT2D eigenvalue weighted by atomic mass is 15.1. The molecule has 2 aromatic rings. The standard InChI is InChI=1S/C26H36N2/c1-2-3-4-5-12-19-27-22-28-20-17-25(18-21-28)26(23-13-8-6-9-14-23)24-15-10-7-11-16-24/h6-11,13-16,22,25-26H,2-5,12,17-21H2,1H3/b27-22+. The lowest BCUT2D eigenvalue weighted by molar-refractivity contribution is 0.254. The molecule has 0 radical (unpaired) electrons.